The number of carbonyl (C=O) groups excluding carboxylic acids is 1. The molecule has 1 atom stereocenters. The van der Waals surface area contributed by atoms with Crippen molar-refractivity contribution in [3.8, 4) is 17.2 Å². The molecule has 0 bridgehead atoms. The van der Waals surface area contributed by atoms with Gasteiger partial charge in [0, 0.05) is 5.41 Å². The fraction of sp³-hybridized carbons (Fsp3) is 0.375. The normalized spacial score (nSPS) is 17.7. The minimum Gasteiger partial charge on any atom is -0.428 e. The number of alkyl halides is 4. The van der Waals surface area contributed by atoms with Crippen LogP contribution in [0.5, 0.6) is 5.75 Å². The zero-order valence-electron chi connectivity index (χ0n) is 20.8. The molecule has 1 amide bonds. The first-order valence-electron chi connectivity index (χ1n) is 11.4. The summed E-state index contributed by atoms with van der Waals surface area (Å²) in [6.45, 7) is 5.04. The maximum absolute atomic E-state index is 15.2. The molecule has 0 saturated heterocycles. The molecule has 1 aliphatic rings. The number of fused-ring (bicyclic) bond motifs is 1. The minimum absolute atomic E-state index is 0.189. The maximum atomic E-state index is 15.2. The Morgan fingerprint density at radius 1 is 1.15 bits per heavy atom. The van der Waals surface area contributed by atoms with Gasteiger partial charge in [0.15, 0.2) is 9.84 Å². The molecule has 0 saturated carbocycles. The number of nitrogens with two attached hydrogens (primary N) is 1. The maximum Gasteiger partial charge on any atom is 0.461 e. The highest BCUT2D eigenvalue weighted by Gasteiger charge is 2.44. The van der Waals surface area contributed by atoms with Crippen molar-refractivity contribution in [3.05, 3.63) is 53.7 Å². The van der Waals surface area contributed by atoms with E-state index in [1.165, 1.54) is 12.1 Å². The van der Waals surface area contributed by atoms with Gasteiger partial charge in [0.1, 0.15) is 11.6 Å². The number of hydrogen-bond acceptors (Lipinski definition) is 8. The number of aromatic nitrogens is 2. The van der Waals surface area contributed by atoms with Crippen LogP contribution in [0.2, 0.25) is 0 Å². The third-order valence-electron chi connectivity index (χ3n) is 5.73. The lowest BCUT2D eigenvalue weighted by atomic mass is 9.97. The van der Waals surface area contributed by atoms with Crippen molar-refractivity contribution in [3.63, 3.8) is 0 Å². The summed E-state index contributed by atoms with van der Waals surface area (Å²) in [6.07, 6.45) is -8.77. The van der Waals surface area contributed by atoms with Gasteiger partial charge >= 0.3 is 12.5 Å². The third kappa shape index (κ3) is 5.73. The first-order chi connectivity index (χ1) is 18.0. The van der Waals surface area contributed by atoms with Gasteiger partial charge in [0.2, 0.25) is 11.8 Å². The van der Waals surface area contributed by atoms with Crippen LogP contribution in [0.15, 0.2) is 45.7 Å². The van der Waals surface area contributed by atoms with Crippen LogP contribution in [0.3, 0.4) is 0 Å². The van der Waals surface area contributed by atoms with E-state index in [1.807, 2.05) is 0 Å². The molecule has 0 fully saturated rings. The number of nitrogens with zero attached hydrogens (tertiary/aromatic N) is 3. The van der Waals surface area contributed by atoms with Crippen molar-refractivity contribution in [2.75, 3.05) is 10.7 Å². The number of halogens is 5. The Morgan fingerprint density at radius 3 is 2.36 bits per heavy atom. The van der Waals surface area contributed by atoms with Gasteiger partial charge in [0.05, 0.1) is 34.5 Å². The smallest absolute Gasteiger partial charge is 0.428 e. The van der Waals surface area contributed by atoms with Crippen molar-refractivity contribution < 1.29 is 44.3 Å². The Kier molecular flexibility index (Phi) is 7.19. The molecule has 0 aliphatic carbocycles. The molecule has 1 aliphatic heterocycles. The third-order valence-corrected chi connectivity index (χ3v) is 7.52. The summed E-state index contributed by atoms with van der Waals surface area (Å²) in [4.78, 5) is 13.7. The van der Waals surface area contributed by atoms with E-state index in [4.69, 9.17) is 10.2 Å². The first-order valence-corrected chi connectivity index (χ1v) is 13.1. The molecule has 2 N–H and O–H groups in total. The number of sulfone groups is 1. The van der Waals surface area contributed by atoms with Crippen molar-refractivity contribution in [1.29, 1.82) is 0 Å². The molecule has 210 valence electrons. The van der Waals surface area contributed by atoms with E-state index in [9.17, 15) is 30.8 Å². The summed E-state index contributed by atoms with van der Waals surface area (Å²) in [5.41, 5.74) is 5.08. The Balaban J connectivity index is 1.77. The van der Waals surface area contributed by atoms with Crippen molar-refractivity contribution in [1.82, 2.24) is 10.2 Å². The summed E-state index contributed by atoms with van der Waals surface area (Å²) < 4.78 is 102. The summed E-state index contributed by atoms with van der Waals surface area (Å²) in [5.74, 6) is -3.24. The average Bonchev–Trinajstić information content (AvgIpc) is 3.31. The number of carbonyl (C=O) groups is 1. The average molecular weight is 575 g/mol. The van der Waals surface area contributed by atoms with E-state index >= 15 is 4.39 Å². The molecule has 2 heterocycles. The van der Waals surface area contributed by atoms with Crippen LogP contribution in [0.4, 0.5) is 27.6 Å². The SMILES string of the molecule is CC(C)(C)c1nnc(-c2cc3c(cc2F)S(=O)(=O)C[C@H](N)C(=O)N3Cc2ccc(OC(F)(F)C(F)F)cc2)o1. The Labute approximate surface area is 219 Å². The van der Waals surface area contributed by atoms with Crippen LogP contribution >= 0.6 is 0 Å². The molecule has 1 aromatic heterocycles. The Bertz CT molecular complexity index is 1500. The number of amides is 1. The number of rotatable bonds is 6. The zero-order chi connectivity index (χ0) is 28.9. The van der Waals surface area contributed by atoms with E-state index in [2.05, 4.69) is 14.9 Å². The quantitative estimate of drug-likeness (QED) is 0.437. The van der Waals surface area contributed by atoms with E-state index in [0.717, 1.165) is 29.2 Å². The first kappa shape index (κ1) is 28.4. The minimum atomic E-state index is -4.72. The van der Waals surface area contributed by atoms with E-state index in [1.54, 1.807) is 20.8 Å². The van der Waals surface area contributed by atoms with Crippen LogP contribution in [0, 0.1) is 5.82 Å². The molecular weight excluding hydrogens is 551 g/mol. The highest BCUT2D eigenvalue weighted by atomic mass is 32.2. The highest BCUT2D eigenvalue weighted by Crippen LogP contribution is 2.38. The van der Waals surface area contributed by atoms with Crippen LogP contribution < -0.4 is 15.4 Å². The Morgan fingerprint density at radius 2 is 1.79 bits per heavy atom. The summed E-state index contributed by atoms with van der Waals surface area (Å²) in [5, 5.41) is 7.76. The monoisotopic (exact) mass is 574 g/mol. The zero-order valence-corrected chi connectivity index (χ0v) is 21.6. The molecule has 0 unspecified atom stereocenters. The van der Waals surface area contributed by atoms with Gasteiger partial charge in [-0.2, -0.15) is 17.6 Å². The number of anilines is 1. The molecule has 2 aromatic carbocycles. The summed E-state index contributed by atoms with van der Waals surface area (Å²) in [6, 6.07) is 4.71. The molecule has 3 aromatic rings. The lowest BCUT2D eigenvalue weighted by Gasteiger charge is -2.25. The molecule has 0 spiro atoms. The van der Waals surface area contributed by atoms with Gasteiger partial charge in [0.25, 0.3) is 5.89 Å². The molecule has 4 rings (SSSR count). The second kappa shape index (κ2) is 9.86. The van der Waals surface area contributed by atoms with Gasteiger partial charge in [-0.05, 0) is 29.8 Å². The van der Waals surface area contributed by atoms with Crippen molar-refractivity contribution in [2.45, 2.75) is 56.2 Å². The fourth-order valence-corrected chi connectivity index (χ4v) is 5.29. The predicted octanol–water partition coefficient (Wildman–Crippen LogP) is 4.06. The van der Waals surface area contributed by atoms with Crippen LogP contribution in [0.25, 0.3) is 11.5 Å². The van der Waals surface area contributed by atoms with E-state index in [0.29, 0.717) is 0 Å². The number of ether oxygens (including phenoxy) is 1. The molecule has 0 radical (unpaired) electrons. The van der Waals surface area contributed by atoms with Gasteiger partial charge in [-0.15, -0.1) is 10.2 Å². The summed E-state index contributed by atoms with van der Waals surface area (Å²) in [7, 11) is -4.23. The fourth-order valence-electron chi connectivity index (χ4n) is 3.73. The number of benzene rings is 2. The molecule has 15 heteroatoms. The van der Waals surface area contributed by atoms with Gasteiger partial charge in [-0.25, -0.2) is 12.8 Å². The van der Waals surface area contributed by atoms with Gasteiger partial charge in [-0.1, -0.05) is 32.9 Å². The Hall–Kier alpha value is -3.59. The molecular formula is C24H23F5N4O5S. The second-order valence-corrected chi connectivity index (χ2v) is 11.9. The lowest BCUT2D eigenvalue weighted by molar-refractivity contribution is -0.253. The lowest BCUT2D eigenvalue weighted by Crippen LogP contribution is -2.45. The molecule has 39 heavy (non-hydrogen) atoms. The topological polar surface area (TPSA) is 129 Å². The standard InChI is InChI=1S/C24H23F5N4O5S/c1-23(2,3)22-32-31-19(37-22)14-8-17-18(9-15(14)25)39(35,36)11-16(30)20(34)33(17)10-12-4-6-13(7-5-12)38-24(28,29)21(26)27/h4-9,16,21H,10-11,30H2,1-3H3/t16-/m0/s1. The number of hydrogen-bond donors (Lipinski definition) is 1. The summed E-state index contributed by atoms with van der Waals surface area (Å²) >= 11 is 0. The largest absolute Gasteiger partial charge is 0.461 e. The van der Waals surface area contributed by atoms with Crippen LogP contribution in [-0.4, -0.2) is 48.9 Å². The van der Waals surface area contributed by atoms with Crippen LogP contribution in [-0.2, 0) is 26.6 Å². The second-order valence-electron chi connectivity index (χ2n) is 9.88. The predicted molar refractivity (Wildman–Crippen MR) is 128 cm³/mol. The van der Waals surface area contributed by atoms with Crippen molar-refractivity contribution in [2.24, 2.45) is 5.73 Å². The van der Waals surface area contributed by atoms with E-state index < -0.39 is 62.0 Å². The van der Waals surface area contributed by atoms with Crippen LogP contribution in [0.1, 0.15) is 32.2 Å². The van der Waals surface area contributed by atoms with Gasteiger partial charge < -0.3 is 19.8 Å². The highest BCUT2D eigenvalue weighted by molar-refractivity contribution is 7.91. The van der Waals surface area contributed by atoms with Gasteiger partial charge in [-0.3, -0.25) is 4.79 Å². The molecule has 9 nitrogen and oxygen atoms in total. The van der Waals surface area contributed by atoms with E-state index in [-0.39, 0.29) is 35.1 Å². The van der Waals surface area contributed by atoms with Crippen molar-refractivity contribution >= 4 is 21.4 Å².